The van der Waals surface area contributed by atoms with Gasteiger partial charge < -0.3 is 10.1 Å². The molecule has 10 heteroatoms. The van der Waals surface area contributed by atoms with Gasteiger partial charge in [-0.3, -0.25) is 4.79 Å². The average Bonchev–Trinajstić information content (AvgIpc) is 3.28. The van der Waals surface area contributed by atoms with Crippen molar-refractivity contribution < 1.29 is 22.7 Å². The van der Waals surface area contributed by atoms with E-state index in [9.17, 15) is 18.0 Å². The zero-order valence-corrected chi connectivity index (χ0v) is 21.5. The van der Waals surface area contributed by atoms with Crippen molar-refractivity contribution in [1.29, 1.82) is 0 Å². The molecule has 2 aromatic rings. The summed E-state index contributed by atoms with van der Waals surface area (Å²) in [6.45, 7) is 2.65. The SMILES string of the molecule is CCC1CCc2sc(C(=O)OCC(=O)Nc3cc(S(=O)(=O)N4CCCCC4)ccc3Cl)cc2C1. The molecule has 184 valence electrons. The smallest absolute Gasteiger partial charge is 0.348 e. The molecule has 0 saturated carbocycles. The number of thiophene rings is 1. The van der Waals surface area contributed by atoms with Crippen molar-refractivity contribution in [3.63, 3.8) is 0 Å². The third kappa shape index (κ3) is 5.64. The van der Waals surface area contributed by atoms with Crippen LogP contribution < -0.4 is 5.32 Å². The van der Waals surface area contributed by atoms with Crippen LogP contribution in [0.25, 0.3) is 0 Å². The van der Waals surface area contributed by atoms with Crippen LogP contribution in [0.15, 0.2) is 29.2 Å². The molecule has 4 rings (SSSR count). The zero-order chi connectivity index (χ0) is 24.3. The quantitative estimate of drug-likeness (QED) is 0.521. The maximum absolute atomic E-state index is 12.9. The van der Waals surface area contributed by atoms with Crippen molar-refractivity contribution in [1.82, 2.24) is 4.31 Å². The number of aryl methyl sites for hydroxylation is 1. The molecule has 0 radical (unpaired) electrons. The Morgan fingerprint density at radius 2 is 1.97 bits per heavy atom. The van der Waals surface area contributed by atoms with Crippen LogP contribution in [0.1, 0.15) is 59.1 Å². The minimum Gasteiger partial charge on any atom is -0.451 e. The molecule has 7 nitrogen and oxygen atoms in total. The van der Waals surface area contributed by atoms with E-state index in [0.29, 0.717) is 23.9 Å². The van der Waals surface area contributed by atoms with E-state index in [0.717, 1.165) is 44.9 Å². The molecule has 1 amide bonds. The average molecular weight is 525 g/mol. The first kappa shape index (κ1) is 25.2. The first-order chi connectivity index (χ1) is 16.3. The summed E-state index contributed by atoms with van der Waals surface area (Å²) >= 11 is 7.62. The lowest BCUT2D eigenvalue weighted by atomic mass is 9.87. The number of fused-ring (bicyclic) bond motifs is 1. The highest BCUT2D eigenvalue weighted by Crippen LogP contribution is 2.34. The number of nitrogens with zero attached hydrogens (tertiary/aromatic N) is 1. The number of hydrogen-bond acceptors (Lipinski definition) is 6. The molecular formula is C24H29ClN2O5S2. The van der Waals surface area contributed by atoms with E-state index < -0.39 is 28.5 Å². The number of carbonyl (C=O) groups is 2. The van der Waals surface area contributed by atoms with Crippen LogP contribution >= 0.6 is 22.9 Å². The van der Waals surface area contributed by atoms with E-state index in [2.05, 4.69) is 12.2 Å². The Morgan fingerprint density at radius 1 is 1.21 bits per heavy atom. The number of esters is 1. The predicted molar refractivity (Wildman–Crippen MR) is 133 cm³/mol. The summed E-state index contributed by atoms with van der Waals surface area (Å²) in [5.74, 6) is -0.471. The monoisotopic (exact) mass is 524 g/mol. The number of carbonyl (C=O) groups excluding carboxylic acids is 2. The lowest BCUT2D eigenvalue weighted by Crippen LogP contribution is -2.35. The van der Waals surface area contributed by atoms with Gasteiger partial charge in [0.25, 0.3) is 5.91 Å². The van der Waals surface area contributed by atoms with Gasteiger partial charge in [0.05, 0.1) is 15.6 Å². The fourth-order valence-corrected chi connectivity index (χ4v) is 7.26. The second kappa shape index (κ2) is 10.8. The molecule has 1 aromatic heterocycles. The molecular weight excluding hydrogens is 496 g/mol. The standard InChI is InChI=1S/C24H29ClN2O5S2/c1-2-16-6-9-21-17(12-16)13-22(33-21)24(29)32-15-23(28)26-20-14-18(7-8-19(20)25)34(30,31)27-10-4-3-5-11-27/h7-8,13-14,16H,2-6,9-12,15H2,1H3,(H,26,28). The van der Waals surface area contributed by atoms with Crippen LogP contribution in [0, 0.1) is 5.92 Å². The maximum Gasteiger partial charge on any atom is 0.348 e. The van der Waals surface area contributed by atoms with Gasteiger partial charge in [0.15, 0.2) is 6.61 Å². The molecule has 1 aromatic carbocycles. The van der Waals surface area contributed by atoms with Crippen LogP contribution in [0.4, 0.5) is 5.69 Å². The fraction of sp³-hybridized carbons (Fsp3) is 0.500. The fourth-order valence-electron chi connectivity index (χ4n) is 4.45. The normalized spacial score (nSPS) is 18.8. The minimum atomic E-state index is -3.67. The Bertz CT molecular complexity index is 1170. The van der Waals surface area contributed by atoms with Crippen molar-refractivity contribution in [2.24, 2.45) is 5.92 Å². The van der Waals surface area contributed by atoms with Gasteiger partial charge in [0.1, 0.15) is 4.88 Å². The number of ether oxygens (including phenoxy) is 1. The Balaban J connectivity index is 1.37. The Kier molecular flexibility index (Phi) is 7.97. The van der Waals surface area contributed by atoms with Crippen LogP contribution in [0.2, 0.25) is 5.02 Å². The Labute approximate surface area is 209 Å². The molecule has 0 spiro atoms. The largest absolute Gasteiger partial charge is 0.451 e. The topological polar surface area (TPSA) is 92.8 Å². The van der Waals surface area contributed by atoms with Crippen molar-refractivity contribution in [2.75, 3.05) is 25.0 Å². The van der Waals surface area contributed by atoms with E-state index in [4.69, 9.17) is 16.3 Å². The number of nitrogens with one attached hydrogen (secondary N) is 1. The molecule has 1 atom stereocenters. The molecule has 1 aliphatic carbocycles. The molecule has 2 heterocycles. The van der Waals surface area contributed by atoms with E-state index in [-0.39, 0.29) is 15.6 Å². The number of halogens is 1. The van der Waals surface area contributed by atoms with Gasteiger partial charge in [-0.1, -0.05) is 31.4 Å². The zero-order valence-electron chi connectivity index (χ0n) is 19.1. The maximum atomic E-state index is 12.9. The van der Waals surface area contributed by atoms with E-state index in [1.165, 1.54) is 44.3 Å². The van der Waals surface area contributed by atoms with Crippen molar-refractivity contribution in [3.8, 4) is 0 Å². The highest BCUT2D eigenvalue weighted by atomic mass is 35.5. The van der Waals surface area contributed by atoms with Gasteiger partial charge in [-0.15, -0.1) is 11.3 Å². The summed E-state index contributed by atoms with van der Waals surface area (Å²) < 4.78 is 32.5. The predicted octanol–water partition coefficient (Wildman–Crippen LogP) is 4.89. The summed E-state index contributed by atoms with van der Waals surface area (Å²) in [7, 11) is -3.67. The number of rotatable bonds is 7. The van der Waals surface area contributed by atoms with E-state index in [1.807, 2.05) is 6.07 Å². The summed E-state index contributed by atoms with van der Waals surface area (Å²) in [6.07, 6.45) is 6.88. The van der Waals surface area contributed by atoms with Crippen molar-refractivity contribution in [2.45, 2.75) is 56.8 Å². The van der Waals surface area contributed by atoms with Crippen LogP contribution in [-0.4, -0.2) is 44.3 Å². The van der Waals surface area contributed by atoms with Gasteiger partial charge in [0.2, 0.25) is 10.0 Å². The van der Waals surface area contributed by atoms with Crippen LogP contribution in [-0.2, 0) is 32.4 Å². The second-order valence-electron chi connectivity index (χ2n) is 8.81. The van der Waals surface area contributed by atoms with Gasteiger partial charge in [-0.05, 0) is 67.9 Å². The molecule has 0 bridgehead atoms. The number of piperidine rings is 1. The first-order valence-corrected chi connectivity index (χ1v) is 14.3. The second-order valence-corrected chi connectivity index (χ2v) is 12.3. The molecule has 34 heavy (non-hydrogen) atoms. The van der Waals surface area contributed by atoms with Crippen LogP contribution in [0.5, 0.6) is 0 Å². The van der Waals surface area contributed by atoms with Crippen LogP contribution in [0.3, 0.4) is 0 Å². The summed E-state index contributed by atoms with van der Waals surface area (Å²) in [6, 6.07) is 6.11. The van der Waals surface area contributed by atoms with E-state index in [1.54, 1.807) is 0 Å². The van der Waals surface area contributed by atoms with Crippen molar-refractivity contribution in [3.05, 3.63) is 44.6 Å². The summed E-state index contributed by atoms with van der Waals surface area (Å²) in [5, 5.41) is 2.77. The highest BCUT2D eigenvalue weighted by molar-refractivity contribution is 7.89. The molecule has 1 saturated heterocycles. The third-order valence-corrected chi connectivity index (χ3v) is 9.90. The number of sulfonamides is 1. The summed E-state index contributed by atoms with van der Waals surface area (Å²) in [4.78, 5) is 26.7. The Hall–Kier alpha value is -1.94. The first-order valence-electron chi connectivity index (χ1n) is 11.7. The lowest BCUT2D eigenvalue weighted by Gasteiger charge is -2.26. The van der Waals surface area contributed by atoms with Gasteiger partial charge in [0, 0.05) is 18.0 Å². The Morgan fingerprint density at radius 3 is 2.71 bits per heavy atom. The molecule has 1 aliphatic heterocycles. The minimum absolute atomic E-state index is 0.0700. The summed E-state index contributed by atoms with van der Waals surface area (Å²) in [5.41, 5.74) is 1.37. The molecule has 1 N–H and O–H groups in total. The number of hydrogen-bond donors (Lipinski definition) is 1. The van der Waals surface area contributed by atoms with Gasteiger partial charge >= 0.3 is 5.97 Å². The number of benzene rings is 1. The lowest BCUT2D eigenvalue weighted by molar-refractivity contribution is -0.119. The van der Waals surface area contributed by atoms with E-state index >= 15 is 0 Å². The third-order valence-electron chi connectivity index (χ3n) is 6.46. The molecule has 1 fully saturated rings. The highest BCUT2D eigenvalue weighted by Gasteiger charge is 2.27. The van der Waals surface area contributed by atoms with Gasteiger partial charge in [-0.2, -0.15) is 4.31 Å². The number of anilines is 1. The number of amides is 1. The molecule has 1 unspecified atom stereocenters. The van der Waals surface area contributed by atoms with Crippen molar-refractivity contribution >= 4 is 50.5 Å². The van der Waals surface area contributed by atoms with Gasteiger partial charge in [-0.25, -0.2) is 13.2 Å². The molecule has 2 aliphatic rings.